The molecular weight excluding hydrogens is 343 g/mol. The van der Waals surface area contributed by atoms with E-state index < -0.39 is 5.82 Å². The highest BCUT2D eigenvalue weighted by molar-refractivity contribution is 6.32. The van der Waals surface area contributed by atoms with E-state index in [0.717, 1.165) is 13.1 Å². The van der Waals surface area contributed by atoms with Crippen LogP contribution in [0.2, 0.25) is 5.02 Å². The number of piperazine rings is 1. The van der Waals surface area contributed by atoms with E-state index in [1.807, 2.05) is 12.1 Å². The molecule has 0 atom stereocenters. The lowest BCUT2D eigenvalue weighted by Crippen LogP contribution is -2.50. The Morgan fingerprint density at radius 3 is 2.56 bits per heavy atom. The Kier molecular flexibility index (Phi) is 5.43. The Balaban J connectivity index is 1.52. The van der Waals surface area contributed by atoms with Crippen LogP contribution in [0.5, 0.6) is 5.75 Å². The van der Waals surface area contributed by atoms with Crippen LogP contribution in [0, 0.1) is 12.7 Å². The molecule has 2 aromatic carbocycles. The van der Waals surface area contributed by atoms with Crippen molar-refractivity contribution >= 4 is 23.2 Å². The fraction of sp³-hybridized carbons (Fsp3) is 0.316. The lowest BCUT2D eigenvalue weighted by Gasteiger charge is -2.36. The van der Waals surface area contributed by atoms with E-state index in [1.54, 1.807) is 4.90 Å². The van der Waals surface area contributed by atoms with Gasteiger partial charge in [0.25, 0.3) is 5.91 Å². The Bertz CT molecular complexity index is 761. The number of para-hydroxylation sites is 1. The van der Waals surface area contributed by atoms with Gasteiger partial charge in [0.1, 0.15) is 11.6 Å². The maximum absolute atomic E-state index is 13.0. The van der Waals surface area contributed by atoms with E-state index in [4.69, 9.17) is 16.3 Å². The number of carbonyl (C=O) groups is 1. The number of amides is 1. The van der Waals surface area contributed by atoms with Crippen LogP contribution in [0.15, 0.2) is 42.5 Å². The molecule has 0 saturated carbocycles. The first-order valence-corrected chi connectivity index (χ1v) is 8.58. The average Bonchev–Trinajstić information content (AvgIpc) is 2.61. The standard InChI is InChI=1S/C19H20ClFN2O2/c1-14-4-2-3-5-17(14)22-8-10-23(11-9-22)19(24)13-25-18-7-6-15(21)12-16(18)20/h2-7,12H,8-11,13H2,1H3. The van der Waals surface area contributed by atoms with E-state index in [1.165, 1.54) is 29.4 Å². The summed E-state index contributed by atoms with van der Waals surface area (Å²) in [6, 6.07) is 12.1. The third-order valence-electron chi connectivity index (χ3n) is 4.33. The van der Waals surface area contributed by atoms with Crippen LogP contribution in [0.3, 0.4) is 0 Å². The fourth-order valence-electron chi connectivity index (χ4n) is 2.94. The zero-order valence-electron chi connectivity index (χ0n) is 14.0. The molecule has 25 heavy (non-hydrogen) atoms. The molecule has 0 N–H and O–H groups in total. The van der Waals surface area contributed by atoms with Gasteiger partial charge in [0, 0.05) is 31.9 Å². The maximum Gasteiger partial charge on any atom is 0.260 e. The molecule has 1 amide bonds. The van der Waals surface area contributed by atoms with Crippen LogP contribution in [-0.2, 0) is 4.79 Å². The Morgan fingerprint density at radius 2 is 1.88 bits per heavy atom. The van der Waals surface area contributed by atoms with Crippen LogP contribution < -0.4 is 9.64 Å². The van der Waals surface area contributed by atoms with Gasteiger partial charge in [-0.05, 0) is 36.8 Å². The number of halogens is 2. The van der Waals surface area contributed by atoms with Crippen LogP contribution in [0.4, 0.5) is 10.1 Å². The first-order valence-electron chi connectivity index (χ1n) is 8.21. The molecule has 3 rings (SSSR count). The number of benzene rings is 2. The van der Waals surface area contributed by atoms with Gasteiger partial charge < -0.3 is 14.5 Å². The summed E-state index contributed by atoms with van der Waals surface area (Å²) in [6.07, 6.45) is 0. The second-order valence-corrected chi connectivity index (χ2v) is 6.42. The zero-order valence-corrected chi connectivity index (χ0v) is 14.8. The van der Waals surface area contributed by atoms with Crippen molar-refractivity contribution in [2.45, 2.75) is 6.92 Å². The Hall–Kier alpha value is -2.27. The first-order chi connectivity index (χ1) is 12.0. The molecule has 2 aromatic rings. The lowest BCUT2D eigenvalue weighted by molar-refractivity contribution is -0.133. The fourth-order valence-corrected chi connectivity index (χ4v) is 3.16. The summed E-state index contributed by atoms with van der Waals surface area (Å²) in [5.41, 5.74) is 2.44. The molecule has 1 heterocycles. The van der Waals surface area contributed by atoms with E-state index in [2.05, 4.69) is 24.0 Å². The molecule has 1 aliphatic heterocycles. The Morgan fingerprint density at radius 1 is 1.16 bits per heavy atom. The summed E-state index contributed by atoms with van der Waals surface area (Å²) in [7, 11) is 0. The van der Waals surface area contributed by atoms with Crippen LogP contribution >= 0.6 is 11.6 Å². The topological polar surface area (TPSA) is 32.8 Å². The van der Waals surface area contributed by atoms with Gasteiger partial charge in [0.2, 0.25) is 0 Å². The lowest BCUT2D eigenvalue weighted by atomic mass is 10.1. The molecule has 0 unspecified atom stereocenters. The molecule has 1 aliphatic rings. The SMILES string of the molecule is Cc1ccccc1N1CCN(C(=O)COc2ccc(F)cc2Cl)CC1. The van der Waals surface area contributed by atoms with Crippen molar-refractivity contribution in [1.29, 1.82) is 0 Å². The van der Waals surface area contributed by atoms with Gasteiger partial charge >= 0.3 is 0 Å². The number of ether oxygens (including phenoxy) is 1. The summed E-state index contributed by atoms with van der Waals surface area (Å²) in [5, 5.41) is 0.164. The second-order valence-electron chi connectivity index (χ2n) is 6.02. The van der Waals surface area contributed by atoms with Gasteiger partial charge in [-0.2, -0.15) is 0 Å². The van der Waals surface area contributed by atoms with Crippen molar-refractivity contribution < 1.29 is 13.9 Å². The van der Waals surface area contributed by atoms with E-state index in [9.17, 15) is 9.18 Å². The zero-order chi connectivity index (χ0) is 17.8. The maximum atomic E-state index is 13.0. The van der Waals surface area contributed by atoms with Gasteiger partial charge in [-0.15, -0.1) is 0 Å². The van der Waals surface area contributed by atoms with Crippen LogP contribution in [0.25, 0.3) is 0 Å². The summed E-state index contributed by atoms with van der Waals surface area (Å²) < 4.78 is 18.5. The number of hydrogen-bond acceptors (Lipinski definition) is 3. The largest absolute Gasteiger partial charge is 0.482 e. The highest BCUT2D eigenvalue weighted by atomic mass is 35.5. The molecule has 0 bridgehead atoms. The van der Waals surface area contributed by atoms with Crippen LogP contribution in [-0.4, -0.2) is 43.6 Å². The highest BCUT2D eigenvalue weighted by Gasteiger charge is 2.22. The Labute approximate surface area is 151 Å². The molecule has 4 nitrogen and oxygen atoms in total. The van der Waals surface area contributed by atoms with Crippen molar-refractivity contribution in [2.75, 3.05) is 37.7 Å². The predicted molar refractivity (Wildman–Crippen MR) is 96.9 cm³/mol. The first kappa shape index (κ1) is 17.5. The van der Waals surface area contributed by atoms with Crippen molar-refractivity contribution in [1.82, 2.24) is 4.90 Å². The molecule has 0 aromatic heterocycles. The number of hydrogen-bond donors (Lipinski definition) is 0. The molecule has 0 spiro atoms. The van der Waals surface area contributed by atoms with Gasteiger partial charge in [0.05, 0.1) is 5.02 Å². The smallest absolute Gasteiger partial charge is 0.260 e. The normalized spacial score (nSPS) is 14.5. The average molecular weight is 363 g/mol. The summed E-state index contributed by atoms with van der Waals surface area (Å²) in [4.78, 5) is 16.4. The van der Waals surface area contributed by atoms with Crippen molar-refractivity contribution in [3.05, 3.63) is 58.9 Å². The third kappa shape index (κ3) is 4.23. The summed E-state index contributed by atoms with van der Waals surface area (Å²) >= 11 is 5.90. The van der Waals surface area contributed by atoms with Gasteiger partial charge in [-0.3, -0.25) is 4.79 Å². The molecule has 6 heteroatoms. The van der Waals surface area contributed by atoms with E-state index >= 15 is 0 Å². The molecule has 132 valence electrons. The molecular formula is C19H20ClFN2O2. The summed E-state index contributed by atoms with van der Waals surface area (Å²) in [5.74, 6) is -0.212. The minimum absolute atomic E-state index is 0.0928. The monoisotopic (exact) mass is 362 g/mol. The van der Waals surface area contributed by atoms with Gasteiger partial charge in [-0.25, -0.2) is 4.39 Å². The van der Waals surface area contributed by atoms with E-state index in [-0.39, 0.29) is 17.5 Å². The van der Waals surface area contributed by atoms with Crippen molar-refractivity contribution in [3.8, 4) is 5.75 Å². The predicted octanol–water partition coefficient (Wildman–Crippen LogP) is 3.52. The molecule has 0 radical (unpaired) electrons. The summed E-state index contributed by atoms with van der Waals surface area (Å²) in [6.45, 7) is 4.85. The minimum atomic E-state index is -0.434. The van der Waals surface area contributed by atoms with Gasteiger partial charge in [0.15, 0.2) is 6.61 Å². The number of carbonyl (C=O) groups excluding carboxylic acids is 1. The minimum Gasteiger partial charge on any atom is -0.482 e. The third-order valence-corrected chi connectivity index (χ3v) is 4.63. The van der Waals surface area contributed by atoms with Crippen molar-refractivity contribution in [3.63, 3.8) is 0 Å². The molecule has 1 saturated heterocycles. The van der Waals surface area contributed by atoms with Crippen molar-refractivity contribution in [2.24, 2.45) is 0 Å². The van der Waals surface area contributed by atoms with Crippen LogP contribution in [0.1, 0.15) is 5.56 Å². The highest BCUT2D eigenvalue weighted by Crippen LogP contribution is 2.25. The number of aryl methyl sites for hydroxylation is 1. The molecule has 0 aliphatic carbocycles. The quantitative estimate of drug-likeness (QED) is 0.834. The number of anilines is 1. The van der Waals surface area contributed by atoms with Gasteiger partial charge in [-0.1, -0.05) is 29.8 Å². The van der Waals surface area contributed by atoms with E-state index in [0.29, 0.717) is 18.8 Å². The molecule has 1 fully saturated rings. The number of rotatable bonds is 4. The second kappa shape index (κ2) is 7.74. The number of nitrogens with zero attached hydrogens (tertiary/aromatic N) is 2.